The molecule has 1 heterocycles. The molecule has 146 valence electrons. The second-order valence-corrected chi connectivity index (χ2v) is 7.15. The highest BCUT2D eigenvalue weighted by molar-refractivity contribution is 9.10. The van der Waals surface area contributed by atoms with Crippen LogP contribution in [0.25, 0.3) is 0 Å². The fourth-order valence-electron chi connectivity index (χ4n) is 2.79. The van der Waals surface area contributed by atoms with E-state index in [2.05, 4.69) is 26.5 Å². The number of benzene rings is 2. The van der Waals surface area contributed by atoms with E-state index in [1.165, 1.54) is 23.2 Å². The highest BCUT2D eigenvalue weighted by atomic mass is 79.9. The van der Waals surface area contributed by atoms with Crippen molar-refractivity contribution in [1.29, 1.82) is 0 Å². The smallest absolute Gasteiger partial charge is 0.312 e. The van der Waals surface area contributed by atoms with Gasteiger partial charge in [-0.05, 0) is 35.9 Å². The maximum Gasteiger partial charge on any atom is 0.416 e. The second-order valence-electron chi connectivity index (χ2n) is 6.24. The quantitative estimate of drug-likeness (QED) is 0.562. The Bertz CT molecular complexity index is 913. The zero-order chi connectivity index (χ0) is 20.3. The van der Waals surface area contributed by atoms with Crippen LogP contribution in [0.3, 0.4) is 0 Å². The lowest BCUT2D eigenvalue weighted by molar-refractivity contribution is -0.137. The molecule has 0 spiro atoms. The summed E-state index contributed by atoms with van der Waals surface area (Å²) in [4.78, 5) is 25.6. The van der Waals surface area contributed by atoms with Crippen LogP contribution in [0.4, 0.5) is 18.9 Å². The molecular weight excluding hydrogens is 439 g/mol. The predicted molar refractivity (Wildman–Crippen MR) is 102 cm³/mol. The summed E-state index contributed by atoms with van der Waals surface area (Å²) in [5.41, 5.74) is 2.43. The van der Waals surface area contributed by atoms with Crippen molar-refractivity contribution in [3.05, 3.63) is 64.1 Å². The molecule has 28 heavy (non-hydrogen) atoms. The van der Waals surface area contributed by atoms with Crippen molar-refractivity contribution < 1.29 is 22.8 Å². The van der Waals surface area contributed by atoms with Crippen molar-refractivity contribution >= 4 is 39.6 Å². The highest BCUT2D eigenvalue weighted by Gasteiger charge is 2.36. The van der Waals surface area contributed by atoms with E-state index >= 15 is 0 Å². The third kappa shape index (κ3) is 4.78. The lowest BCUT2D eigenvalue weighted by Gasteiger charge is -2.18. The van der Waals surface area contributed by atoms with Gasteiger partial charge in [-0.3, -0.25) is 9.59 Å². The van der Waals surface area contributed by atoms with Gasteiger partial charge in [-0.15, -0.1) is 0 Å². The van der Waals surface area contributed by atoms with Gasteiger partial charge in [0.05, 0.1) is 17.7 Å². The maximum atomic E-state index is 12.9. The first-order chi connectivity index (χ1) is 13.2. The van der Waals surface area contributed by atoms with Crippen LogP contribution in [0.2, 0.25) is 0 Å². The van der Waals surface area contributed by atoms with E-state index < -0.39 is 29.5 Å². The van der Waals surface area contributed by atoms with Gasteiger partial charge in [0.25, 0.3) is 0 Å². The zero-order valence-electron chi connectivity index (χ0n) is 14.4. The molecule has 5 nitrogen and oxygen atoms in total. The lowest BCUT2D eigenvalue weighted by Crippen LogP contribution is -2.30. The third-order valence-corrected chi connectivity index (χ3v) is 4.77. The first kappa shape index (κ1) is 20.1. The molecule has 2 amide bonds. The zero-order valence-corrected chi connectivity index (χ0v) is 16.0. The molecule has 1 saturated heterocycles. The Kier molecular flexibility index (Phi) is 5.83. The van der Waals surface area contributed by atoms with E-state index in [-0.39, 0.29) is 18.7 Å². The molecule has 1 aliphatic rings. The Balaban J connectivity index is 1.64. The second kappa shape index (κ2) is 8.14. The standard InChI is InChI=1S/C19H15BrF3N3O2/c20-15-6-4-12(5-7-15)10-24-25-18(28)13-8-17(27)26(11-13)16-3-1-2-14(9-16)19(21,22)23/h1-7,9-10,13H,8,11H2,(H,25,28). The van der Waals surface area contributed by atoms with Crippen LogP contribution in [0.1, 0.15) is 17.5 Å². The Morgan fingerprint density at radius 2 is 1.93 bits per heavy atom. The van der Waals surface area contributed by atoms with Crippen LogP contribution in [-0.4, -0.2) is 24.6 Å². The van der Waals surface area contributed by atoms with E-state index in [4.69, 9.17) is 0 Å². The van der Waals surface area contributed by atoms with E-state index in [0.717, 1.165) is 22.2 Å². The van der Waals surface area contributed by atoms with Crippen LogP contribution in [0.15, 0.2) is 58.1 Å². The molecule has 0 radical (unpaired) electrons. The normalized spacial score (nSPS) is 17.4. The molecule has 1 atom stereocenters. The topological polar surface area (TPSA) is 61.8 Å². The number of rotatable bonds is 4. The summed E-state index contributed by atoms with van der Waals surface area (Å²) in [5.74, 6) is -1.56. The van der Waals surface area contributed by atoms with Crippen molar-refractivity contribution in [3.8, 4) is 0 Å². The van der Waals surface area contributed by atoms with E-state index in [1.807, 2.05) is 12.1 Å². The number of nitrogens with zero attached hydrogens (tertiary/aromatic N) is 2. The summed E-state index contributed by atoms with van der Waals surface area (Å²) >= 11 is 3.31. The average molecular weight is 454 g/mol. The minimum absolute atomic E-state index is 0.000217. The van der Waals surface area contributed by atoms with Gasteiger partial charge < -0.3 is 4.90 Å². The van der Waals surface area contributed by atoms with E-state index in [1.54, 1.807) is 12.1 Å². The van der Waals surface area contributed by atoms with E-state index in [0.29, 0.717) is 0 Å². The van der Waals surface area contributed by atoms with E-state index in [9.17, 15) is 22.8 Å². The third-order valence-electron chi connectivity index (χ3n) is 4.24. The number of nitrogens with one attached hydrogen (secondary N) is 1. The molecule has 1 unspecified atom stereocenters. The summed E-state index contributed by atoms with van der Waals surface area (Å²) in [6.07, 6.45) is -3.13. The fraction of sp³-hybridized carbons (Fsp3) is 0.211. The number of anilines is 1. The van der Waals surface area contributed by atoms with Crippen molar-refractivity contribution in [2.24, 2.45) is 11.0 Å². The van der Waals surface area contributed by atoms with Crippen LogP contribution in [0, 0.1) is 5.92 Å². The molecular formula is C19H15BrF3N3O2. The molecule has 0 bridgehead atoms. The van der Waals surface area contributed by atoms with Gasteiger partial charge in [-0.1, -0.05) is 34.1 Å². The van der Waals surface area contributed by atoms with Gasteiger partial charge in [0, 0.05) is 23.1 Å². The fourth-order valence-corrected chi connectivity index (χ4v) is 3.06. The van der Waals surface area contributed by atoms with Gasteiger partial charge in [-0.25, -0.2) is 5.43 Å². The summed E-state index contributed by atoms with van der Waals surface area (Å²) in [6.45, 7) is -0.000217. The lowest BCUT2D eigenvalue weighted by atomic mass is 10.1. The molecule has 0 aromatic heterocycles. The molecule has 2 aromatic carbocycles. The largest absolute Gasteiger partial charge is 0.416 e. The monoisotopic (exact) mass is 453 g/mol. The molecule has 2 aromatic rings. The van der Waals surface area contributed by atoms with Crippen molar-refractivity contribution in [2.45, 2.75) is 12.6 Å². The first-order valence-corrected chi connectivity index (χ1v) is 9.09. The molecule has 1 fully saturated rings. The molecule has 0 saturated carbocycles. The maximum absolute atomic E-state index is 12.9. The van der Waals surface area contributed by atoms with Crippen molar-refractivity contribution in [3.63, 3.8) is 0 Å². The number of alkyl halides is 3. The van der Waals surface area contributed by atoms with Gasteiger partial charge in [-0.2, -0.15) is 18.3 Å². The first-order valence-electron chi connectivity index (χ1n) is 8.30. The number of hydrogen-bond acceptors (Lipinski definition) is 3. The van der Waals surface area contributed by atoms with Crippen molar-refractivity contribution in [1.82, 2.24) is 5.43 Å². The Hall–Kier alpha value is -2.68. The summed E-state index contributed by atoms with van der Waals surface area (Å²) in [6, 6.07) is 11.7. The molecule has 3 rings (SSSR count). The average Bonchev–Trinajstić information content (AvgIpc) is 3.04. The van der Waals surface area contributed by atoms with Crippen LogP contribution in [0.5, 0.6) is 0 Å². The number of hydrazone groups is 1. The SMILES string of the molecule is O=C(NN=Cc1ccc(Br)cc1)C1CC(=O)N(c2cccc(C(F)(F)F)c2)C1. The predicted octanol–water partition coefficient (Wildman–Crippen LogP) is 3.97. The number of halogens is 4. The Morgan fingerprint density at radius 1 is 1.21 bits per heavy atom. The Labute approximate surface area is 167 Å². The van der Waals surface area contributed by atoms with Gasteiger partial charge in [0.2, 0.25) is 11.8 Å². The number of carbonyl (C=O) groups is 2. The number of amides is 2. The summed E-state index contributed by atoms with van der Waals surface area (Å²) in [5, 5.41) is 3.87. The Morgan fingerprint density at radius 3 is 2.61 bits per heavy atom. The minimum atomic E-state index is -4.50. The van der Waals surface area contributed by atoms with Crippen LogP contribution in [-0.2, 0) is 15.8 Å². The minimum Gasteiger partial charge on any atom is -0.312 e. The van der Waals surface area contributed by atoms with Crippen LogP contribution < -0.4 is 10.3 Å². The van der Waals surface area contributed by atoms with Crippen molar-refractivity contribution in [2.75, 3.05) is 11.4 Å². The molecule has 0 aliphatic carbocycles. The van der Waals surface area contributed by atoms with Gasteiger partial charge in [0.15, 0.2) is 0 Å². The molecule has 1 aliphatic heterocycles. The summed E-state index contributed by atoms with van der Waals surface area (Å²) in [7, 11) is 0. The van der Waals surface area contributed by atoms with Crippen LogP contribution >= 0.6 is 15.9 Å². The molecule has 9 heteroatoms. The van der Waals surface area contributed by atoms with Gasteiger partial charge in [0.1, 0.15) is 0 Å². The highest BCUT2D eigenvalue weighted by Crippen LogP contribution is 2.33. The molecule has 1 N–H and O–H groups in total. The number of hydrogen-bond donors (Lipinski definition) is 1. The van der Waals surface area contributed by atoms with Gasteiger partial charge >= 0.3 is 6.18 Å². The summed E-state index contributed by atoms with van der Waals surface area (Å²) < 4.78 is 39.5. The number of carbonyl (C=O) groups excluding carboxylic acids is 2.